The number of nitrogens with one attached hydrogen (secondary N) is 1. The third kappa shape index (κ3) is 3.28. The maximum absolute atomic E-state index is 12.1. The molecular formula is C11H15BrN2O3S. The van der Waals surface area contributed by atoms with Crippen LogP contribution in [0.4, 0.5) is 0 Å². The van der Waals surface area contributed by atoms with Crippen molar-refractivity contribution in [3.05, 3.63) is 22.9 Å². The van der Waals surface area contributed by atoms with Crippen LogP contribution in [0.1, 0.15) is 19.8 Å². The molecule has 0 radical (unpaired) electrons. The van der Waals surface area contributed by atoms with Crippen LogP contribution >= 0.6 is 15.9 Å². The number of hydrogen-bond donors (Lipinski definition) is 1. The van der Waals surface area contributed by atoms with Crippen molar-refractivity contribution in [3.63, 3.8) is 0 Å². The van der Waals surface area contributed by atoms with Crippen molar-refractivity contribution in [2.24, 2.45) is 0 Å². The molecule has 1 fully saturated rings. The van der Waals surface area contributed by atoms with Gasteiger partial charge in [0.15, 0.2) is 0 Å². The molecule has 7 heteroatoms. The Labute approximate surface area is 115 Å². The quantitative estimate of drug-likeness (QED) is 0.909. The van der Waals surface area contributed by atoms with E-state index < -0.39 is 15.6 Å². The summed E-state index contributed by atoms with van der Waals surface area (Å²) in [5.74, 6) is 0. The lowest BCUT2D eigenvalue weighted by molar-refractivity contribution is 0.0250. The van der Waals surface area contributed by atoms with Gasteiger partial charge in [-0.2, -0.15) is 0 Å². The molecule has 1 aliphatic heterocycles. The first-order valence-corrected chi connectivity index (χ1v) is 7.93. The molecule has 1 saturated heterocycles. The maximum Gasteiger partial charge on any atom is 0.242 e. The molecule has 1 atom stereocenters. The minimum atomic E-state index is -3.53. The zero-order chi connectivity index (χ0) is 13.2. The smallest absolute Gasteiger partial charge is 0.242 e. The topological polar surface area (TPSA) is 68.3 Å². The Morgan fingerprint density at radius 1 is 1.56 bits per heavy atom. The van der Waals surface area contributed by atoms with Crippen LogP contribution in [0, 0.1) is 0 Å². The van der Waals surface area contributed by atoms with Gasteiger partial charge >= 0.3 is 0 Å². The molecular weight excluding hydrogens is 320 g/mol. The number of sulfonamides is 1. The molecule has 1 N–H and O–H groups in total. The molecule has 0 aliphatic carbocycles. The van der Waals surface area contributed by atoms with E-state index in [-0.39, 0.29) is 11.4 Å². The van der Waals surface area contributed by atoms with E-state index in [1.54, 1.807) is 6.20 Å². The first-order chi connectivity index (χ1) is 8.41. The summed E-state index contributed by atoms with van der Waals surface area (Å²) in [7, 11) is -3.53. The van der Waals surface area contributed by atoms with E-state index in [2.05, 4.69) is 25.6 Å². The minimum Gasteiger partial charge on any atom is -0.374 e. The normalized spacial score (nSPS) is 24.3. The van der Waals surface area contributed by atoms with Crippen molar-refractivity contribution in [1.29, 1.82) is 0 Å². The molecule has 1 aliphatic rings. The molecule has 2 rings (SSSR count). The van der Waals surface area contributed by atoms with Gasteiger partial charge in [0.1, 0.15) is 4.90 Å². The predicted molar refractivity (Wildman–Crippen MR) is 70.7 cm³/mol. The van der Waals surface area contributed by atoms with Crippen molar-refractivity contribution in [2.45, 2.75) is 30.3 Å². The zero-order valence-electron chi connectivity index (χ0n) is 10.0. The van der Waals surface area contributed by atoms with Gasteiger partial charge < -0.3 is 4.74 Å². The standard InChI is InChI=1S/C11H15BrN2O3S/c1-11(3-2-4-17-11)8-14-18(15,16)10-5-9(12)6-13-7-10/h5-7,14H,2-4,8H2,1H3. The number of nitrogens with zero attached hydrogens (tertiary/aromatic N) is 1. The summed E-state index contributed by atoms with van der Waals surface area (Å²) in [4.78, 5) is 4.00. The minimum absolute atomic E-state index is 0.151. The Morgan fingerprint density at radius 2 is 2.33 bits per heavy atom. The third-order valence-electron chi connectivity index (χ3n) is 2.93. The predicted octanol–water partition coefficient (Wildman–Crippen LogP) is 1.69. The Balaban J connectivity index is 2.08. The summed E-state index contributed by atoms with van der Waals surface area (Å²) in [6.45, 7) is 2.89. The number of hydrogen-bond acceptors (Lipinski definition) is 4. The average Bonchev–Trinajstić information content (AvgIpc) is 2.75. The van der Waals surface area contributed by atoms with Crippen LogP contribution in [0.3, 0.4) is 0 Å². The lowest BCUT2D eigenvalue weighted by atomic mass is 10.0. The summed E-state index contributed by atoms with van der Waals surface area (Å²) in [6.07, 6.45) is 4.70. The molecule has 0 bridgehead atoms. The van der Waals surface area contributed by atoms with E-state index in [0.29, 0.717) is 11.1 Å². The molecule has 0 amide bonds. The molecule has 5 nitrogen and oxygen atoms in total. The van der Waals surface area contributed by atoms with Crippen molar-refractivity contribution in [2.75, 3.05) is 13.2 Å². The molecule has 18 heavy (non-hydrogen) atoms. The summed E-state index contributed by atoms with van der Waals surface area (Å²) >= 11 is 3.20. The molecule has 2 heterocycles. The summed E-state index contributed by atoms with van der Waals surface area (Å²) in [5.41, 5.74) is -0.396. The van der Waals surface area contributed by atoms with Gasteiger partial charge in [0.2, 0.25) is 10.0 Å². The van der Waals surface area contributed by atoms with Crippen LogP contribution < -0.4 is 4.72 Å². The largest absolute Gasteiger partial charge is 0.374 e. The molecule has 1 aromatic rings. The summed E-state index contributed by atoms with van der Waals surface area (Å²) in [5, 5.41) is 0. The van der Waals surface area contributed by atoms with E-state index in [0.717, 1.165) is 12.8 Å². The van der Waals surface area contributed by atoms with Gasteiger partial charge in [0.25, 0.3) is 0 Å². The fourth-order valence-corrected chi connectivity index (χ4v) is 3.51. The third-order valence-corrected chi connectivity index (χ3v) is 4.73. The van der Waals surface area contributed by atoms with Crippen molar-refractivity contribution < 1.29 is 13.2 Å². The SMILES string of the molecule is CC1(CNS(=O)(=O)c2cncc(Br)c2)CCCO1. The number of pyridine rings is 1. The highest BCUT2D eigenvalue weighted by Crippen LogP contribution is 2.24. The van der Waals surface area contributed by atoms with Gasteiger partial charge in [0, 0.05) is 30.0 Å². The molecule has 100 valence electrons. The van der Waals surface area contributed by atoms with E-state index in [4.69, 9.17) is 4.74 Å². The second kappa shape index (κ2) is 5.24. The van der Waals surface area contributed by atoms with Crippen LogP contribution in [0.15, 0.2) is 27.8 Å². The lowest BCUT2D eigenvalue weighted by Crippen LogP contribution is -2.40. The highest BCUT2D eigenvalue weighted by Gasteiger charge is 2.31. The summed E-state index contributed by atoms with van der Waals surface area (Å²) in [6, 6.07) is 1.52. The van der Waals surface area contributed by atoms with Crippen molar-refractivity contribution in [3.8, 4) is 0 Å². The molecule has 0 aromatic carbocycles. The first kappa shape index (κ1) is 13.9. The van der Waals surface area contributed by atoms with Gasteiger partial charge in [-0.3, -0.25) is 4.98 Å². The second-order valence-electron chi connectivity index (χ2n) is 4.57. The van der Waals surface area contributed by atoms with Gasteiger partial charge in [-0.1, -0.05) is 0 Å². The highest BCUT2D eigenvalue weighted by atomic mass is 79.9. The van der Waals surface area contributed by atoms with Crippen LogP contribution in [0.5, 0.6) is 0 Å². The Kier molecular flexibility index (Phi) is 4.05. The maximum atomic E-state index is 12.1. The fraction of sp³-hybridized carbons (Fsp3) is 0.545. The fourth-order valence-electron chi connectivity index (χ4n) is 1.85. The lowest BCUT2D eigenvalue weighted by Gasteiger charge is -2.23. The zero-order valence-corrected chi connectivity index (χ0v) is 12.4. The van der Waals surface area contributed by atoms with Gasteiger partial charge in [-0.25, -0.2) is 13.1 Å². The molecule has 1 aromatic heterocycles. The Bertz CT molecular complexity index is 527. The average molecular weight is 335 g/mol. The molecule has 0 saturated carbocycles. The van der Waals surface area contributed by atoms with Crippen LogP contribution in [-0.2, 0) is 14.8 Å². The summed E-state index contributed by atoms with van der Waals surface area (Å²) < 4.78 is 32.9. The Morgan fingerprint density at radius 3 is 2.94 bits per heavy atom. The van der Waals surface area contributed by atoms with Gasteiger partial charge in [0.05, 0.1) is 5.60 Å². The van der Waals surface area contributed by atoms with E-state index in [1.807, 2.05) is 6.92 Å². The number of rotatable bonds is 4. The van der Waals surface area contributed by atoms with Crippen molar-refractivity contribution >= 4 is 26.0 Å². The van der Waals surface area contributed by atoms with Gasteiger partial charge in [-0.15, -0.1) is 0 Å². The van der Waals surface area contributed by atoms with E-state index in [9.17, 15) is 8.42 Å². The Hall–Kier alpha value is -0.500. The monoisotopic (exact) mass is 334 g/mol. The van der Waals surface area contributed by atoms with Crippen LogP contribution in [0.25, 0.3) is 0 Å². The number of ether oxygens (including phenoxy) is 1. The molecule has 0 spiro atoms. The highest BCUT2D eigenvalue weighted by molar-refractivity contribution is 9.10. The van der Waals surface area contributed by atoms with Crippen molar-refractivity contribution in [1.82, 2.24) is 9.71 Å². The van der Waals surface area contributed by atoms with E-state index >= 15 is 0 Å². The molecule has 1 unspecified atom stereocenters. The number of aromatic nitrogens is 1. The number of halogens is 1. The second-order valence-corrected chi connectivity index (χ2v) is 7.25. The van der Waals surface area contributed by atoms with Gasteiger partial charge in [-0.05, 0) is 41.8 Å². The van der Waals surface area contributed by atoms with Crippen LogP contribution in [-0.4, -0.2) is 32.2 Å². The first-order valence-electron chi connectivity index (χ1n) is 5.66. The van der Waals surface area contributed by atoms with Crippen LogP contribution in [0.2, 0.25) is 0 Å². The van der Waals surface area contributed by atoms with E-state index in [1.165, 1.54) is 12.3 Å².